The minimum absolute atomic E-state index is 0.142. The first-order valence-electron chi connectivity index (χ1n) is 5.64. The second-order valence-corrected chi connectivity index (χ2v) is 4.35. The summed E-state index contributed by atoms with van der Waals surface area (Å²) in [5, 5.41) is 11.4. The highest BCUT2D eigenvalue weighted by atomic mass is 16.5. The minimum Gasteiger partial charge on any atom is -0.481 e. The SMILES string of the molecule is CC(C)OCCCNC(=O)C1CC1C(=O)O. The smallest absolute Gasteiger partial charge is 0.307 e. The largest absolute Gasteiger partial charge is 0.481 e. The normalized spacial score (nSPS) is 23.2. The Bertz CT molecular complexity index is 265. The predicted octanol–water partition coefficient (Wildman–Crippen LogP) is 0.638. The molecule has 1 aliphatic carbocycles. The molecule has 0 spiro atoms. The summed E-state index contributed by atoms with van der Waals surface area (Å²) in [5.74, 6) is -1.80. The van der Waals surface area contributed by atoms with Crippen molar-refractivity contribution in [2.45, 2.75) is 32.8 Å². The zero-order chi connectivity index (χ0) is 12.1. The molecule has 1 rings (SSSR count). The molecule has 0 saturated heterocycles. The second-order valence-electron chi connectivity index (χ2n) is 4.35. The number of carbonyl (C=O) groups excluding carboxylic acids is 1. The van der Waals surface area contributed by atoms with Crippen molar-refractivity contribution < 1.29 is 19.4 Å². The van der Waals surface area contributed by atoms with Gasteiger partial charge < -0.3 is 15.2 Å². The van der Waals surface area contributed by atoms with Crippen LogP contribution in [0.4, 0.5) is 0 Å². The van der Waals surface area contributed by atoms with Gasteiger partial charge in [-0.2, -0.15) is 0 Å². The third-order valence-electron chi connectivity index (χ3n) is 2.52. The summed E-state index contributed by atoms with van der Waals surface area (Å²) in [6.45, 7) is 5.08. The molecule has 0 heterocycles. The number of aliphatic carboxylic acids is 1. The van der Waals surface area contributed by atoms with Gasteiger partial charge in [0, 0.05) is 13.2 Å². The average Bonchev–Trinajstić information content (AvgIpc) is 2.95. The number of ether oxygens (including phenoxy) is 1. The first-order chi connectivity index (χ1) is 7.52. The van der Waals surface area contributed by atoms with E-state index in [0.29, 0.717) is 19.6 Å². The van der Waals surface area contributed by atoms with Crippen LogP contribution in [0.1, 0.15) is 26.7 Å². The molecule has 2 atom stereocenters. The van der Waals surface area contributed by atoms with E-state index in [-0.39, 0.29) is 17.9 Å². The Morgan fingerprint density at radius 1 is 1.44 bits per heavy atom. The van der Waals surface area contributed by atoms with Crippen LogP contribution < -0.4 is 5.32 Å². The minimum atomic E-state index is -0.872. The summed E-state index contributed by atoms with van der Waals surface area (Å²) in [5.41, 5.74) is 0. The lowest BCUT2D eigenvalue weighted by Crippen LogP contribution is -2.28. The van der Waals surface area contributed by atoms with Gasteiger partial charge in [-0.05, 0) is 26.7 Å². The van der Waals surface area contributed by atoms with E-state index in [4.69, 9.17) is 9.84 Å². The van der Waals surface area contributed by atoms with Crippen LogP contribution in [0.25, 0.3) is 0 Å². The number of carbonyl (C=O) groups is 2. The van der Waals surface area contributed by atoms with Crippen molar-refractivity contribution in [3.63, 3.8) is 0 Å². The number of carboxylic acid groups (broad SMARTS) is 1. The topological polar surface area (TPSA) is 75.6 Å². The fourth-order valence-corrected chi connectivity index (χ4v) is 1.49. The van der Waals surface area contributed by atoms with Crippen LogP contribution in [-0.2, 0) is 14.3 Å². The van der Waals surface area contributed by atoms with Gasteiger partial charge in [0.2, 0.25) is 5.91 Å². The second kappa shape index (κ2) is 5.84. The number of amides is 1. The Hall–Kier alpha value is -1.10. The summed E-state index contributed by atoms with van der Waals surface area (Å²) in [4.78, 5) is 21.9. The van der Waals surface area contributed by atoms with Gasteiger partial charge in [0.05, 0.1) is 17.9 Å². The van der Waals surface area contributed by atoms with E-state index in [1.165, 1.54) is 0 Å². The maximum absolute atomic E-state index is 11.4. The first-order valence-corrected chi connectivity index (χ1v) is 5.64. The highest BCUT2D eigenvalue weighted by Crippen LogP contribution is 2.38. The molecular weight excluding hydrogens is 210 g/mol. The van der Waals surface area contributed by atoms with Gasteiger partial charge in [-0.25, -0.2) is 0 Å². The maximum atomic E-state index is 11.4. The Kier molecular flexibility index (Phi) is 4.73. The maximum Gasteiger partial charge on any atom is 0.307 e. The number of hydrogen-bond acceptors (Lipinski definition) is 3. The van der Waals surface area contributed by atoms with Crippen molar-refractivity contribution in [2.75, 3.05) is 13.2 Å². The van der Waals surface area contributed by atoms with Crippen LogP contribution in [0, 0.1) is 11.8 Å². The molecule has 1 aliphatic rings. The fourth-order valence-electron chi connectivity index (χ4n) is 1.49. The Morgan fingerprint density at radius 3 is 2.62 bits per heavy atom. The molecule has 1 fully saturated rings. The Morgan fingerprint density at radius 2 is 2.12 bits per heavy atom. The van der Waals surface area contributed by atoms with Crippen molar-refractivity contribution in [2.24, 2.45) is 11.8 Å². The molecular formula is C11H19NO4. The van der Waals surface area contributed by atoms with Gasteiger partial charge in [-0.15, -0.1) is 0 Å². The molecule has 92 valence electrons. The van der Waals surface area contributed by atoms with Gasteiger partial charge in [-0.3, -0.25) is 9.59 Å². The molecule has 2 unspecified atom stereocenters. The van der Waals surface area contributed by atoms with Crippen LogP contribution in [0.15, 0.2) is 0 Å². The van der Waals surface area contributed by atoms with Crippen LogP contribution in [0.2, 0.25) is 0 Å². The van der Waals surface area contributed by atoms with Crippen LogP contribution in [0.5, 0.6) is 0 Å². The molecule has 1 saturated carbocycles. The van der Waals surface area contributed by atoms with Gasteiger partial charge in [0.1, 0.15) is 0 Å². The van der Waals surface area contributed by atoms with E-state index in [2.05, 4.69) is 5.32 Å². The number of rotatable bonds is 7. The first kappa shape index (κ1) is 13.0. The van der Waals surface area contributed by atoms with Crippen molar-refractivity contribution in [3.05, 3.63) is 0 Å². The summed E-state index contributed by atoms with van der Waals surface area (Å²) < 4.78 is 5.31. The summed E-state index contributed by atoms with van der Waals surface area (Å²) in [6.07, 6.45) is 1.44. The van der Waals surface area contributed by atoms with E-state index in [9.17, 15) is 9.59 Å². The number of carboxylic acids is 1. The molecule has 5 nitrogen and oxygen atoms in total. The number of hydrogen-bond donors (Lipinski definition) is 2. The van der Waals surface area contributed by atoms with E-state index in [0.717, 1.165) is 6.42 Å². The Balaban J connectivity index is 2.02. The van der Waals surface area contributed by atoms with E-state index in [1.54, 1.807) is 0 Å². The van der Waals surface area contributed by atoms with Gasteiger partial charge in [0.15, 0.2) is 0 Å². The lowest BCUT2D eigenvalue weighted by molar-refractivity contribution is -0.140. The molecule has 1 amide bonds. The molecule has 0 aromatic heterocycles. The van der Waals surface area contributed by atoms with Crippen molar-refractivity contribution in [3.8, 4) is 0 Å². The molecule has 0 aromatic carbocycles. The van der Waals surface area contributed by atoms with Crippen molar-refractivity contribution >= 4 is 11.9 Å². The average molecular weight is 229 g/mol. The van der Waals surface area contributed by atoms with Crippen molar-refractivity contribution in [1.29, 1.82) is 0 Å². The molecule has 16 heavy (non-hydrogen) atoms. The van der Waals surface area contributed by atoms with Crippen LogP contribution in [-0.4, -0.2) is 36.2 Å². The summed E-state index contributed by atoms with van der Waals surface area (Å²) in [7, 11) is 0. The molecule has 2 N–H and O–H groups in total. The van der Waals surface area contributed by atoms with E-state index < -0.39 is 11.9 Å². The Labute approximate surface area is 95.2 Å². The lowest BCUT2D eigenvalue weighted by atomic mass is 10.3. The third kappa shape index (κ3) is 4.18. The summed E-state index contributed by atoms with van der Waals surface area (Å²) in [6, 6.07) is 0. The quantitative estimate of drug-likeness (QED) is 0.628. The summed E-state index contributed by atoms with van der Waals surface area (Å²) >= 11 is 0. The van der Waals surface area contributed by atoms with Gasteiger partial charge >= 0.3 is 5.97 Å². The zero-order valence-electron chi connectivity index (χ0n) is 9.73. The zero-order valence-corrected chi connectivity index (χ0v) is 9.73. The van der Waals surface area contributed by atoms with E-state index >= 15 is 0 Å². The van der Waals surface area contributed by atoms with Crippen molar-refractivity contribution in [1.82, 2.24) is 5.32 Å². The molecule has 0 bridgehead atoms. The van der Waals surface area contributed by atoms with Crippen LogP contribution in [0.3, 0.4) is 0 Å². The third-order valence-corrected chi connectivity index (χ3v) is 2.52. The predicted molar refractivity (Wildman–Crippen MR) is 57.9 cm³/mol. The molecule has 0 radical (unpaired) electrons. The highest BCUT2D eigenvalue weighted by Gasteiger charge is 2.48. The lowest BCUT2D eigenvalue weighted by Gasteiger charge is -2.07. The monoisotopic (exact) mass is 229 g/mol. The molecule has 0 aliphatic heterocycles. The molecule has 5 heteroatoms. The standard InChI is InChI=1S/C11H19NO4/c1-7(2)16-5-3-4-12-10(13)8-6-9(8)11(14)15/h7-9H,3-6H2,1-2H3,(H,12,13)(H,14,15). The molecule has 0 aromatic rings. The fraction of sp³-hybridized carbons (Fsp3) is 0.818. The van der Waals surface area contributed by atoms with Gasteiger partial charge in [-0.1, -0.05) is 0 Å². The highest BCUT2D eigenvalue weighted by molar-refractivity contribution is 5.89. The van der Waals surface area contributed by atoms with Gasteiger partial charge in [0.25, 0.3) is 0 Å². The van der Waals surface area contributed by atoms with E-state index in [1.807, 2.05) is 13.8 Å². The van der Waals surface area contributed by atoms with Crippen LogP contribution >= 0.6 is 0 Å². The number of nitrogens with one attached hydrogen (secondary N) is 1.